The molecule has 0 spiro atoms. The lowest BCUT2D eigenvalue weighted by molar-refractivity contribution is -0.113. The zero-order valence-corrected chi connectivity index (χ0v) is 19.1. The summed E-state index contributed by atoms with van der Waals surface area (Å²) in [5.41, 5.74) is 3.37. The molecule has 0 saturated carbocycles. The van der Waals surface area contributed by atoms with E-state index in [1.54, 1.807) is 26.3 Å². The molecule has 0 aliphatic heterocycles. The number of thioether (sulfide) groups is 1. The summed E-state index contributed by atoms with van der Waals surface area (Å²) in [7, 11) is 5.09. The van der Waals surface area contributed by atoms with Gasteiger partial charge in [-0.2, -0.15) is 0 Å². The van der Waals surface area contributed by atoms with Crippen molar-refractivity contribution in [2.24, 2.45) is 14.1 Å². The maximum Gasteiger partial charge on any atom is 0.278 e. The summed E-state index contributed by atoms with van der Waals surface area (Å²) in [6.07, 6.45) is 0. The van der Waals surface area contributed by atoms with Gasteiger partial charge in [0.25, 0.3) is 5.56 Å². The molecular formula is C22H21ClN4O3S. The minimum atomic E-state index is -0.232. The number of benzene rings is 2. The first-order valence-electron chi connectivity index (χ1n) is 9.52. The standard InChI is InChI=1S/C22H21ClN4O3S/c1-12-5-7-16(15(23)9-12)24-18(28)11-31-22-25-19-14-10-13(30-4)6-8-17(14)26(2)20(19)21(29)27(22)3/h5-10H,11H2,1-4H3,(H,24,28). The predicted octanol–water partition coefficient (Wildman–Crippen LogP) is 4.13. The average molecular weight is 457 g/mol. The van der Waals surface area contributed by atoms with Gasteiger partial charge in [0.05, 0.1) is 29.1 Å². The van der Waals surface area contributed by atoms with Crippen LogP contribution < -0.4 is 15.6 Å². The van der Waals surface area contributed by atoms with E-state index in [4.69, 9.17) is 21.3 Å². The van der Waals surface area contributed by atoms with Crippen LogP contribution >= 0.6 is 23.4 Å². The number of rotatable bonds is 5. The number of hydrogen-bond donors (Lipinski definition) is 1. The molecule has 0 fully saturated rings. The first-order chi connectivity index (χ1) is 14.8. The van der Waals surface area contributed by atoms with Crippen molar-refractivity contribution in [1.82, 2.24) is 14.1 Å². The minimum absolute atomic E-state index is 0.0874. The van der Waals surface area contributed by atoms with Crippen LogP contribution in [-0.2, 0) is 18.9 Å². The van der Waals surface area contributed by atoms with Crippen LogP contribution in [0.1, 0.15) is 5.56 Å². The Morgan fingerprint density at radius 2 is 1.97 bits per heavy atom. The van der Waals surface area contributed by atoms with E-state index >= 15 is 0 Å². The van der Waals surface area contributed by atoms with Gasteiger partial charge in [0.2, 0.25) is 5.91 Å². The zero-order chi connectivity index (χ0) is 22.3. The second kappa shape index (κ2) is 8.28. The summed E-state index contributed by atoms with van der Waals surface area (Å²) in [5.74, 6) is 0.542. The molecule has 1 N–H and O–H groups in total. The Kier molecular flexibility index (Phi) is 5.68. The van der Waals surface area contributed by atoms with E-state index < -0.39 is 0 Å². The number of hydrogen-bond acceptors (Lipinski definition) is 5. The quantitative estimate of drug-likeness (QED) is 0.361. The van der Waals surface area contributed by atoms with Crippen molar-refractivity contribution in [3.63, 3.8) is 0 Å². The van der Waals surface area contributed by atoms with E-state index in [9.17, 15) is 9.59 Å². The molecule has 1 amide bonds. The van der Waals surface area contributed by atoms with Gasteiger partial charge < -0.3 is 14.6 Å². The molecule has 0 radical (unpaired) electrons. The monoisotopic (exact) mass is 456 g/mol. The molecule has 9 heteroatoms. The molecule has 0 aliphatic rings. The van der Waals surface area contributed by atoms with Crippen molar-refractivity contribution < 1.29 is 9.53 Å². The Bertz CT molecular complexity index is 1390. The molecule has 160 valence electrons. The van der Waals surface area contributed by atoms with Crippen LogP contribution in [0.3, 0.4) is 0 Å². The fraction of sp³-hybridized carbons (Fsp3) is 0.227. The Morgan fingerprint density at radius 3 is 2.68 bits per heavy atom. The Labute approximate surface area is 188 Å². The van der Waals surface area contributed by atoms with Gasteiger partial charge in [-0.15, -0.1) is 0 Å². The van der Waals surface area contributed by atoms with Crippen LogP contribution in [-0.4, -0.2) is 32.9 Å². The third kappa shape index (κ3) is 3.88. The van der Waals surface area contributed by atoms with Gasteiger partial charge in [0.1, 0.15) is 16.8 Å². The number of anilines is 1. The molecule has 0 atom stereocenters. The molecule has 4 aromatic rings. The van der Waals surface area contributed by atoms with Crippen LogP contribution in [0, 0.1) is 6.92 Å². The molecule has 2 aromatic heterocycles. The number of amides is 1. The van der Waals surface area contributed by atoms with E-state index in [1.807, 2.05) is 42.8 Å². The highest BCUT2D eigenvalue weighted by Gasteiger charge is 2.18. The molecule has 7 nitrogen and oxygen atoms in total. The van der Waals surface area contributed by atoms with Crippen molar-refractivity contribution in [2.75, 3.05) is 18.2 Å². The summed E-state index contributed by atoms with van der Waals surface area (Å²) in [6, 6.07) is 11.1. The van der Waals surface area contributed by atoms with Gasteiger partial charge in [-0.3, -0.25) is 14.2 Å². The summed E-state index contributed by atoms with van der Waals surface area (Å²) >= 11 is 7.39. The molecule has 0 unspecified atom stereocenters. The van der Waals surface area contributed by atoms with E-state index in [2.05, 4.69) is 5.32 Å². The summed E-state index contributed by atoms with van der Waals surface area (Å²) in [4.78, 5) is 30.2. The molecule has 2 aromatic carbocycles. The lowest BCUT2D eigenvalue weighted by atomic mass is 10.2. The van der Waals surface area contributed by atoms with Crippen molar-refractivity contribution >= 4 is 56.9 Å². The molecule has 2 heterocycles. The first-order valence-corrected chi connectivity index (χ1v) is 10.9. The van der Waals surface area contributed by atoms with Crippen LogP contribution in [0.15, 0.2) is 46.3 Å². The van der Waals surface area contributed by atoms with Crippen molar-refractivity contribution in [3.05, 3.63) is 57.3 Å². The molecular weight excluding hydrogens is 436 g/mol. The predicted molar refractivity (Wildman–Crippen MR) is 126 cm³/mol. The van der Waals surface area contributed by atoms with E-state index in [0.717, 1.165) is 16.5 Å². The summed E-state index contributed by atoms with van der Waals surface area (Å²) in [5, 5.41) is 4.56. The fourth-order valence-corrected chi connectivity index (χ4v) is 4.52. The zero-order valence-electron chi connectivity index (χ0n) is 17.5. The molecule has 0 saturated heterocycles. The molecule has 4 rings (SSSR count). The Hall–Kier alpha value is -2.97. The van der Waals surface area contributed by atoms with Crippen LogP contribution in [0.5, 0.6) is 5.75 Å². The summed E-state index contributed by atoms with van der Waals surface area (Å²) in [6.45, 7) is 1.93. The Balaban J connectivity index is 1.66. The van der Waals surface area contributed by atoms with Gasteiger partial charge in [0.15, 0.2) is 5.16 Å². The average Bonchev–Trinajstić information content (AvgIpc) is 3.03. The molecule has 31 heavy (non-hydrogen) atoms. The van der Waals surface area contributed by atoms with Gasteiger partial charge in [0, 0.05) is 19.5 Å². The number of aryl methyl sites for hydroxylation is 2. The smallest absolute Gasteiger partial charge is 0.278 e. The maximum absolute atomic E-state index is 13.0. The third-order valence-electron chi connectivity index (χ3n) is 5.11. The number of nitrogens with one attached hydrogen (secondary N) is 1. The molecule has 0 aliphatic carbocycles. The van der Waals surface area contributed by atoms with E-state index in [0.29, 0.717) is 32.6 Å². The summed E-state index contributed by atoms with van der Waals surface area (Å²) < 4.78 is 8.63. The number of fused-ring (bicyclic) bond motifs is 3. The lowest BCUT2D eigenvalue weighted by Gasteiger charge is -2.09. The normalized spacial score (nSPS) is 11.3. The van der Waals surface area contributed by atoms with Crippen LogP contribution in [0.25, 0.3) is 21.9 Å². The van der Waals surface area contributed by atoms with Gasteiger partial charge in [-0.05, 0) is 42.8 Å². The second-order valence-electron chi connectivity index (χ2n) is 7.22. The topological polar surface area (TPSA) is 78.2 Å². The number of carbonyl (C=O) groups is 1. The number of methoxy groups -OCH3 is 1. The van der Waals surface area contributed by atoms with Crippen molar-refractivity contribution in [2.45, 2.75) is 12.1 Å². The highest BCUT2D eigenvalue weighted by Crippen LogP contribution is 2.30. The number of nitrogens with zero attached hydrogens (tertiary/aromatic N) is 3. The lowest BCUT2D eigenvalue weighted by Crippen LogP contribution is -2.22. The highest BCUT2D eigenvalue weighted by atomic mass is 35.5. The SMILES string of the molecule is COc1ccc2c(c1)c1nc(SCC(=O)Nc3ccc(C)cc3Cl)n(C)c(=O)c1n2C. The van der Waals surface area contributed by atoms with Gasteiger partial charge in [-0.25, -0.2) is 4.98 Å². The van der Waals surface area contributed by atoms with Crippen molar-refractivity contribution in [1.29, 1.82) is 0 Å². The minimum Gasteiger partial charge on any atom is -0.497 e. The maximum atomic E-state index is 13.0. The van der Waals surface area contributed by atoms with Gasteiger partial charge >= 0.3 is 0 Å². The largest absolute Gasteiger partial charge is 0.497 e. The van der Waals surface area contributed by atoms with Crippen LogP contribution in [0.4, 0.5) is 5.69 Å². The van der Waals surface area contributed by atoms with Gasteiger partial charge in [-0.1, -0.05) is 29.4 Å². The highest BCUT2D eigenvalue weighted by molar-refractivity contribution is 7.99. The number of halogens is 1. The third-order valence-corrected chi connectivity index (χ3v) is 6.46. The number of ether oxygens (including phenoxy) is 1. The van der Waals surface area contributed by atoms with E-state index in [-0.39, 0.29) is 17.2 Å². The van der Waals surface area contributed by atoms with Crippen LogP contribution in [0.2, 0.25) is 5.02 Å². The second-order valence-corrected chi connectivity index (χ2v) is 8.57. The first kappa shape index (κ1) is 21.3. The Morgan fingerprint density at radius 1 is 1.19 bits per heavy atom. The van der Waals surface area contributed by atoms with Crippen molar-refractivity contribution in [3.8, 4) is 5.75 Å². The molecule has 0 bridgehead atoms. The number of carbonyl (C=O) groups excluding carboxylic acids is 1. The van der Waals surface area contributed by atoms with E-state index in [1.165, 1.54) is 16.3 Å². The number of aromatic nitrogens is 3. The fourth-order valence-electron chi connectivity index (χ4n) is 3.47.